The summed E-state index contributed by atoms with van der Waals surface area (Å²) in [7, 11) is 0. The van der Waals surface area contributed by atoms with E-state index in [9.17, 15) is 9.59 Å². The van der Waals surface area contributed by atoms with Gasteiger partial charge in [0, 0.05) is 12.8 Å². The Hall–Kier alpha value is -0.900. The molecule has 0 aromatic carbocycles. The van der Waals surface area contributed by atoms with E-state index in [1.807, 2.05) is 13.8 Å². The van der Waals surface area contributed by atoms with Crippen LogP contribution in [0, 0.1) is 5.92 Å². The van der Waals surface area contributed by atoms with Gasteiger partial charge >= 0.3 is 5.97 Å². The Balaban J connectivity index is 3.51. The van der Waals surface area contributed by atoms with Crippen molar-refractivity contribution in [3.05, 3.63) is 0 Å². The maximum absolute atomic E-state index is 11.4. The Labute approximate surface area is 90.8 Å². The number of rotatable bonds is 8. The van der Waals surface area contributed by atoms with Gasteiger partial charge in [0.25, 0.3) is 0 Å². The lowest BCUT2D eigenvalue weighted by Gasteiger charge is -2.13. The predicted octanol–water partition coefficient (Wildman–Crippen LogP) is 1.57. The van der Waals surface area contributed by atoms with E-state index in [4.69, 9.17) is 10.8 Å². The van der Waals surface area contributed by atoms with E-state index in [0.29, 0.717) is 12.8 Å². The number of nitrogens with two attached hydrogens (primary N) is 1. The highest BCUT2D eigenvalue weighted by Crippen LogP contribution is 2.08. The van der Waals surface area contributed by atoms with Gasteiger partial charge in [-0.25, -0.2) is 0 Å². The normalized spacial score (nSPS) is 12.8. The summed E-state index contributed by atoms with van der Waals surface area (Å²) in [5, 5.41) is 8.40. The smallest absolute Gasteiger partial charge is 0.303 e. The van der Waals surface area contributed by atoms with E-state index in [1.165, 1.54) is 0 Å². The highest BCUT2D eigenvalue weighted by Gasteiger charge is 2.16. The van der Waals surface area contributed by atoms with Crippen molar-refractivity contribution in [3.63, 3.8) is 0 Å². The first kappa shape index (κ1) is 14.1. The van der Waals surface area contributed by atoms with E-state index >= 15 is 0 Å². The molecular formula is C11H21NO3. The van der Waals surface area contributed by atoms with Crippen LogP contribution in [0.2, 0.25) is 0 Å². The molecule has 1 atom stereocenters. The van der Waals surface area contributed by atoms with Crippen LogP contribution in [0.3, 0.4) is 0 Å². The fourth-order valence-electron chi connectivity index (χ4n) is 1.29. The first-order valence-corrected chi connectivity index (χ1v) is 5.45. The van der Waals surface area contributed by atoms with Gasteiger partial charge in [-0.15, -0.1) is 0 Å². The lowest BCUT2D eigenvalue weighted by atomic mass is 9.97. The first-order valence-electron chi connectivity index (χ1n) is 5.45. The SMILES string of the molecule is CC(C)C(N)C(=O)CCCCCC(=O)O. The van der Waals surface area contributed by atoms with Crippen molar-refractivity contribution in [1.82, 2.24) is 0 Å². The van der Waals surface area contributed by atoms with Gasteiger partial charge in [0.05, 0.1) is 6.04 Å². The Morgan fingerprint density at radius 1 is 1.13 bits per heavy atom. The minimum absolute atomic E-state index is 0.0836. The van der Waals surface area contributed by atoms with E-state index < -0.39 is 5.97 Å². The molecule has 0 bridgehead atoms. The molecule has 0 rings (SSSR count). The van der Waals surface area contributed by atoms with Gasteiger partial charge < -0.3 is 10.8 Å². The molecule has 0 heterocycles. The summed E-state index contributed by atoms with van der Waals surface area (Å²) in [5.74, 6) is -0.517. The quantitative estimate of drug-likeness (QED) is 0.602. The highest BCUT2D eigenvalue weighted by molar-refractivity contribution is 5.83. The third kappa shape index (κ3) is 7.08. The lowest BCUT2D eigenvalue weighted by molar-refractivity contribution is -0.137. The van der Waals surface area contributed by atoms with E-state index in [0.717, 1.165) is 12.8 Å². The third-order valence-electron chi connectivity index (χ3n) is 2.40. The third-order valence-corrected chi connectivity index (χ3v) is 2.40. The van der Waals surface area contributed by atoms with Crippen LogP contribution in [0.4, 0.5) is 0 Å². The Kier molecular flexibility index (Phi) is 6.96. The van der Waals surface area contributed by atoms with Crippen LogP contribution in [0.1, 0.15) is 46.0 Å². The van der Waals surface area contributed by atoms with Gasteiger partial charge in [0.1, 0.15) is 5.78 Å². The van der Waals surface area contributed by atoms with Gasteiger partial charge in [-0.2, -0.15) is 0 Å². The standard InChI is InChI=1S/C11H21NO3/c1-8(2)11(12)9(13)6-4-3-5-7-10(14)15/h8,11H,3-7,12H2,1-2H3,(H,14,15). The van der Waals surface area contributed by atoms with Crippen molar-refractivity contribution in [1.29, 1.82) is 0 Å². The van der Waals surface area contributed by atoms with Crippen molar-refractivity contribution < 1.29 is 14.7 Å². The molecule has 0 saturated carbocycles. The minimum atomic E-state index is -0.778. The molecule has 0 aliphatic heterocycles. The van der Waals surface area contributed by atoms with Crippen LogP contribution < -0.4 is 5.73 Å². The Morgan fingerprint density at radius 3 is 2.13 bits per heavy atom. The molecule has 0 radical (unpaired) electrons. The van der Waals surface area contributed by atoms with Crippen LogP contribution in [-0.4, -0.2) is 22.9 Å². The monoisotopic (exact) mass is 215 g/mol. The second-order valence-electron chi connectivity index (χ2n) is 4.19. The fourth-order valence-corrected chi connectivity index (χ4v) is 1.29. The zero-order chi connectivity index (χ0) is 11.8. The number of Topliss-reactive ketones (excluding diaryl/α,β-unsaturated/α-hetero) is 1. The molecule has 0 fully saturated rings. The summed E-state index contributed by atoms with van der Waals surface area (Å²) < 4.78 is 0. The number of carboxylic acids is 1. The van der Waals surface area contributed by atoms with Gasteiger partial charge in [-0.1, -0.05) is 20.3 Å². The van der Waals surface area contributed by atoms with Crippen LogP contribution in [0.5, 0.6) is 0 Å². The van der Waals surface area contributed by atoms with Crippen molar-refractivity contribution in [2.45, 2.75) is 52.0 Å². The van der Waals surface area contributed by atoms with Crippen molar-refractivity contribution >= 4 is 11.8 Å². The molecule has 0 aromatic rings. The van der Waals surface area contributed by atoms with Crippen LogP contribution in [0.25, 0.3) is 0 Å². The van der Waals surface area contributed by atoms with Crippen molar-refractivity contribution in [3.8, 4) is 0 Å². The van der Waals surface area contributed by atoms with E-state index in [-0.39, 0.29) is 24.2 Å². The Morgan fingerprint density at radius 2 is 1.67 bits per heavy atom. The summed E-state index contributed by atoms with van der Waals surface area (Å²) in [5.41, 5.74) is 5.68. The maximum atomic E-state index is 11.4. The largest absolute Gasteiger partial charge is 0.481 e. The fraction of sp³-hybridized carbons (Fsp3) is 0.818. The summed E-state index contributed by atoms with van der Waals surface area (Å²) >= 11 is 0. The molecule has 15 heavy (non-hydrogen) atoms. The first-order chi connectivity index (χ1) is 6.95. The van der Waals surface area contributed by atoms with Crippen LogP contribution in [0.15, 0.2) is 0 Å². The molecule has 4 heteroatoms. The number of aliphatic carboxylic acids is 1. The maximum Gasteiger partial charge on any atom is 0.303 e. The molecule has 4 nitrogen and oxygen atoms in total. The summed E-state index contributed by atoms with van der Waals surface area (Å²) in [6.45, 7) is 3.85. The van der Waals surface area contributed by atoms with Crippen molar-refractivity contribution in [2.24, 2.45) is 11.7 Å². The van der Waals surface area contributed by atoms with Gasteiger partial charge in [0.2, 0.25) is 0 Å². The summed E-state index contributed by atoms with van der Waals surface area (Å²) in [6.07, 6.45) is 2.82. The summed E-state index contributed by atoms with van der Waals surface area (Å²) in [6, 6.07) is -0.371. The average molecular weight is 215 g/mol. The number of carboxylic acid groups (broad SMARTS) is 1. The van der Waals surface area contributed by atoms with Gasteiger partial charge in [0.15, 0.2) is 0 Å². The molecule has 3 N–H and O–H groups in total. The molecule has 0 saturated heterocycles. The molecule has 0 amide bonds. The number of hydrogen-bond donors (Lipinski definition) is 2. The van der Waals surface area contributed by atoms with E-state index in [1.54, 1.807) is 0 Å². The second kappa shape index (κ2) is 7.40. The van der Waals surface area contributed by atoms with E-state index in [2.05, 4.69) is 0 Å². The molecular weight excluding hydrogens is 194 g/mol. The topological polar surface area (TPSA) is 80.4 Å². The zero-order valence-electron chi connectivity index (χ0n) is 9.53. The number of carbonyl (C=O) groups excluding carboxylic acids is 1. The second-order valence-corrected chi connectivity index (χ2v) is 4.19. The molecule has 0 aliphatic rings. The summed E-state index contributed by atoms with van der Waals surface area (Å²) in [4.78, 5) is 21.6. The number of unbranched alkanes of at least 4 members (excludes halogenated alkanes) is 2. The number of carbonyl (C=O) groups is 2. The van der Waals surface area contributed by atoms with Gasteiger partial charge in [-0.05, 0) is 18.8 Å². The highest BCUT2D eigenvalue weighted by atomic mass is 16.4. The number of ketones is 1. The van der Waals surface area contributed by atoms with Gasteiger partial charge in [-0.3, -0.25) is 9.59 Å². The van der Waals surface area contributed by atoms with Crippen LogP contribution in [-0.2, 0) is 9.59 Å². The number of hydrogen-bond acceptors (Lipinski definition) is 3. The minimum Gasteiger partial charge on any atom is -0.481 e. The van der Waals surface area contributed by atoms with Crippen LogP contribution >= 0.6 is 0 Å². The Bertz CT molecular complexity index is 214. The molecule has 1 unspecified atom stereocenters. The molecule has 0 spiro atoms. The molecule has 0 aromatic heterocycles. The average Bonchev–Trinajstić information content (AvgIpc) is 2.15. The lowest BCUT2D eigenvalue weighted by Crippen LogP contribution is -2.35. The van der Waals surface area contributed by atoms with Crippen molar-refractivity contribution in [2.75, 3.05) is 0 Å². The molecule has 88 valence electrons. The predicted molar refractivity (Wildman–Crippen MR) is 58.5 cm³/mol. The zero-order valence-corrected chi connectivity index (χ0v) is 9.53. The molecule has 0 aliphatic carbocycles.